The smallest absolute Gasteiger partial charge is 0.293 e. The fourth-order valence-corrected chi connectivity index (χ4v) is 3.12. The first-order chi connectivity index (χ1) is 8.69. The maximum absolute atomic E-state index is 11.7. The molecule has 2 heterocycles. The number of rotatable bonds is 5. The van der Waals surface area contributed by atoms with Gasteiger partial charge in [-0.25, -0.2) is 0 Å². The molecule has 18 heavy (non-hydrogen) atoms. The summed E-state index contributed by atoms with van der Waals surface area (Å²) >= 11 is 3.03. The second-order valence-electron chi connectivity index (χ2n) is 3.64. The number of aromatic nitrogens is 2. The number of hydrogen-bond donors (Lipinski definition) is 1. The van der Waals surface area contributed by atoms with Crippen molar-refractivity contribution in [2.45, 2.75) is 29.9 Å². The normalized spacial score (nSPS) is 12.3. The van der Waals surface area contributed by atoms with Gasteiger partial charge in [0, 0.05) is 5.25 Å². The first-order valence-electron chi connectivity index (χ1n) is 5.54. The molecule has 0 fully saturated rings. The first-order valence-corrected chi connectivity index (χ1v) is 7.23. The van der Waals surface area contributed by atoms with Gasteiger partial charge in [-0.2, -0.15) is 0 Å². The number of carbonyl (C=O) groups excluding carboxylic acids is 1. The fraction of sp³-hybridized carbons (Fsp3) is 0.364. The molecule has 0 aliphatic rings. The Morgan fingerprint density at radius 1 is 1.61 bits per heavy atom. The van der Waals surface area contributed by atoms with Crippen molar-refractivity contribution < 1.29 is 9.21 Å². The predicted molar refractivity (Wildman–Crippen MR) is 72.2 cm³/mol. The van der Waals surface area contributed by atoms with Gasteiger partial charge in [-0.1, -0.05) is 36.9 Å². The van der Waals surface area contributed by atoms with Gasteiger partial charge >= 0.3 is 0 Å². The van der Waals surface area contributed by atoms with E-state index in [1.165, 1.54) is 17.6 Å². The molecule has 0 aliphatic carbocycles. The highest BCUT2D eigenvalue weighted by atomic mass is 32.2. The molecular formula is C11H13N3O2S2. The van der Waals surface area contributed by atoms with E-state index in [9.17, 15) is 4.79 Å². The lowest BCUT2D eigenvalue weighted by molar-refractivity contribution is 0.0996. The summed E-state index contributed by atoms with van der Waals surface area (Å²) < 4.78 is 5.86. The van der Waals surface area contributed by atoms with Gasteiger partial charge in [-0.3, -0.25) is 10.1 Å². The van der Waals surface area contributed by atoms with Gasteiger partial charge in [0.2, 0.25) is 5.13 Å². The van der Waals surface area contributed by atoms with E-state index in [-0.39, 0.29) is 11.7 Å². The summed E-state index contributed by atoms with van der Waals surface area (Å²) in [7, 11) is 0. The Morgan fingerprint density at radius 2 is 2.44 bits per heavy atom. The van der Waals surface area contributed by atoms with Crippen LogP contribution in [0.1, 0.15) is 30.8 Å². The van der Waals surface area contributed by atoms with E-state index >= 15 is 0 Å². The van der Waals surface area contributed by atoms with Gasteiger partial charge in [-0.15, -0.1) is 10.2 Å². The van der Waals surface area contributed by atoms with Crippen LogP contribution in [-0.4, -0.2) is 21.4 Å². The van der Waals surface area contributed by atoms with Gasteiger partial charge in [0.05, 0.1) is 6.26 Å². The van der Waals surface area contributed by atoms with E-state index in [2.05, 4.69) is 29.4 Å². The largest absolute Gasteiger partial charge is 0.459 e. The van der Waals surface area contributed by atoms with Crippen LogP contribution in [0, 0.1) is 0 Å². The molecule has 0 saturated heterocycles. The third kappa shape index (κ3) is 3.33. The Balaban J connectivity index is 1.96. The maximum atomic E-state index is 11.7. The molecule has 0 spiro atoms. The van der Waals surface area contributed by atoms with Crippen LogP contribution in [0.25, 0.3) is 0 Å². The lowest BCUT2D eigenvalue weighted by Gasteiger charge is -2.02. The molecule has 7 heteroatoms. The maximum Gasteiger partial charge on any atom is 0.293 e. The summed E-state index contributed by atoms with van der Waals surface area (Å²) in [5, 5.41) is 11.6. The number of furan rings is 1. The highest BCUT2D eigenvalue weighted by Crippen LogP contribution is 2.30. The zero-order chi connectivity index (χ0) is 13.0. The molecule has 0 radical (unpaired) electrons. The SMILES string of the molecule is CC[C@@H](C)Sc1nnc(NC(=O)c2ccco2)s1. The second kappa shape index (κ2) is 6.01. The Labute approximate surface area is 113 Å². The molecular weight excluding hydrogens is 270 g/mol. The number of nitrogens with one attached hydrogen (secondary N) is 1. The van der Waals surface area contributed by atoms with Crippen molar-refractivity contribution in [3.8, 4) is 0 Å². The van der Waals surface area contributed by atoms with Crippen LogP contribution in [0.15, 0.2) is 27.2 Å². The summed E-state index contributed by atoms with van der Waals surface area (Å²) in [6.45, 7) is 4.26. The summed E-state index contributed by atoms with van der Waals surface area (Å²) in [5.74, 6) is -0.0439. The molecule has 1 atom stereocenters. The van der Waals surface area contributed by atoms with Gasteiger partial charge in [0.1, 0.15) is 0 Å². The van der Waals surface area contributed by atoms with Crippen molar-refractivity contribution in [2.75, 3.05) is 5.32 Å². The number of amides is 1. The molecule has 0 saturated carbocycles. The van der Waals surface area contributed by atoms with E-state index in [0.29, 0.717) is 10.4 Å². The number of nitrogens with zero attached hydrogens (tertiary/aromatic N) is 2. The summed E-state index contributed by atoms with van der Waals surface area (Å²) in [6.07, 6.45) is 2.53. The van der Waals surface area contributed by atoms with E-state index < -0.39 is 0 Å². The minimum absolute atomic E-state index is 0.265. The van der Waals surface area contributed by atoms with Crippen molar-refractivity contribution >= 4 is 34.1 Å². The van der Waals surface area contributed by atoms with Gasteiger partial charge < -0.3 is 4.42 Å². The Hall–Kier alpha value is -1.34. The molecule has 2 aromatic heterocycles. The van der Waals surface area contributed by atoms with Crippen LogP contribution < -0.4 is 5.32 Å². The average Bonchev–Trinajstić information content (AvgIpc) is 3.00. The van der Waals surface area contributed by atoms with Crippen molar-refractivity contribution in [3.05, 3.63) is 24.2 Å². The van der Waals surface area contributed by atoms with Crippen molar-refractivity contribution in [1.29, 1.82) is 0 Å². The standard InChI is InChI=1S/C11H13N3O2S2/c1-3-7(2)17-11-14-13-10(18-11)12-9(15)8-5-4-6-16-8/h4-7H,3H2,1-2H3,(H,12,13,15)/t7-/m1/s1. The summed E-state index contributed by atoms with van der Waals surface area (Å²) in [5.41, 5.74) is 0. The lowest BCUT2D eigenvalue weighted by Crippen LogP contribution is -2.10. The predicted octanol–water partition coefficient (Wildman–Crippen LogP) is 3.27. The van der Waals surface area contributed by atoms with Gasteiger partial charge in [0.25, 0.3) is 5.91 Å². The molecule has 5 nitrogen and oxygen atoms in total. The third-order valence-corrected chi connectivity index (χ3v) is 4.44. The Bertz CT molecular complexity index is 510. The molecule has 96 valence electrons. The molecule has 0 aliphatic heterocycles. The monoisotopic (exact) mass is 283 g/mol. The number of anilines is 1. The zero-order valence-electron chi connectivity index (χ0n) is 10.0. The topological polar surface area (TPSA) is 68.0 Å². The molecule has 0 unspecified atom stereocenters. The van der Waals surface area contributed by atoms with Crippen molar-refractivity contribution in [2.24, 2.45) is 0 Å². The van der Waals surface area contributed by atoms with E-state index in [1.54, 1.807) is 23.9 Å². The number of hydrogen-bond acceptors (Lipinski definition) is 6. The highest BCUT2D eigenvalue weighted by Gasteiger charge is 2.13. The summed E-state index contributed by atoms with van der Waals surface area (Å²) in [6, 6.07) is 3.27. The Morgan fingerprint density at radius 3 is 3.11 bits per heavy atom. The molecule has 0 bridgehead atoms. The van der Waals surface area contributed by atoms with Crippen LogP contribution in [0.5, 0.6) is 0 Å². The quantitative estimate of drug-likeness (QED) is 0.673. The first kappa shape index (κ1) is 13.1. The van der Waals surface area contributed by atoms with E-state index in [4.69, 9.17) is 4.42 Å². The second-order valence-corrected chi connectivity index (χ2v) is 6.30. The minimum Gasteiger partial charge on any atom is -0.459 e. The van der Waals surface area contributed by atoms with Crippen LogP contribution in [0.4, 0.5) is 5.13 Å². The number of thioether (sulfide) groups is 1. The molecule has 0 aromatic carbocycles. The third-order valence-electron chi connectivity index (χ3n) is 2.25. The van der Waals surface area contributed by atoms with Crippen LogP contribution in [0.3, 0.4) is 0 Å². The summed E-state index contributed by atoms with van der Waals surface area (Å²) in [4.78, 5) is 11.7. The zero-order valence-corrected chi connectivity index (χ0v) is 11.7. The average molecular weight is 283 g/mol. The van der Waals surface area contributed by atoms with Crippen LogP contribution in [-0.2, 0) is 0 Å². The van der Waals surface area contributed by atoms with Crippen molar-refractivity contribution in [3.63, 3.8) is 0 Å². The van der Waals surface area contributed by atoms with Crippen LogP contribution >= 0.6 is 23.1 Å². The fourth-order valence-electron chi connectivity index (χ4n) is 1.13. The Kier molecular flexibility index (Phi) is 4.38. The molecule has 1 amide bonds. The molecule has 2 aromatic rings. The van der Waals surface area contributed by atoms with Gasteiger partial charge in [-0.05, 0) is 18.6 Å². The van der Waals surface area contributed by atoms with E-state index in [0.717, 1.165) is 10.8 Å². The molecule has 2 rings (SSSR count). The van der Waals surface area contributed by atoms with Crippen molar-refractivity contribution in [1.82, 2.24) is 10.2 Å². The lowest BCUT2D eigenvalue weighted by atomic mass is 10.4. The minimum atomic E-state index is -0.309. The van der Waals surface area contributed by atoms with Gasteiger partial charge in [0.15, 0.2) is 10.1 Å². The van der Waals surface area contributed by atoms with Crippen LogP contribution in [0.2, 0.25) is 0 Å². The highest BCUT2D eigenvalue weighted by molar-refractivity contribution is 8.01. The number of carbonyl (C=O) groups is 1. The van der Waals surface area contributed by atoms with E-state index in [1.807, 2.05) is 0 Å². The molecule has 1 N–H and O–H groups in total.